The van der Waals surface area contributed by atoms with Crippen LogP contribution in [0.1, 0.15) is 42.9 Å². The Kier molecular flexibility index (Phi) is 5.46. The van der Waals surface area contributed by atoms with Crippen molar-refractivity contribution in [3.63, 3.8) is 0 Å². The van der Waals surface area contributed by atoms with E-state index < -0.39 is 0 Å². The zero-order chi connectivity index (χ0) is 19.8. The summed E-state index contributed by atoms with van der Waals surface area (Å²) in [5.74, 6) is 1.53. The number of likely N-dealkylation sites (tertiary alicyclic amines) is 2. The third-order valence-corrected chi connectivity index (χ3v) is 6.96. The normalized spacial score (nSPS) is 27.6. The summed E-state index contributed by atoms with van der Waals surface area (Å²) in [7, 11) is 3.89. The van der Waals surface area contributed by atoms with Crippen molar-refractivity contribution in [3.05, 3.63) is 35.4 Å². The van der Waals surface area contributed by atoms with Crippen molar-refractivity contribution in [2.24, 2.45) is 17.8 Å². The van der Waals surface area contributed by atoms with Crippen LogP contribution in [0.25, 0.3) is 0 Å². The number of rotatable bonds is 4. The summed E-state index contributed by atoms with van der Waals surface area (Å²) in [6.07, 6.45) is 4.49. The van der Waals surface area contributed by atoms with Gasteiger partial charge in [0.15, 0.2) is 0 Å². The lowest BCUT2D eigenvalue weighted by Gasteiger charge is -2.32. The predicted molar refractivity (Wildman–Crippen MR) is 110 cm³/mol. The molecule has 1 aromatic carbocycles. The molecule has 0 spiro atoms. The zero-order valence-corrected chi connectivity index (χ0v) is 17.4. The van der Waals surface area contributed by atoms with Crippen molar-refractivity contribution in [2.45, 2.75) is 38.6 Å². The summed E-state index contributed by atoms with van der Waals surface area (Å²) < 4.78 is 0. The molecular weight excluding hydrogens is 350 g/mol. The third kappa shape index (κ3) is 3.57. The van der Waals surface area contributed by atoms with Crippen LogP contribution in [-0.4, -0.2) is 66.8 Å². The van der Waals surface area contributed by atoms with Gasteiger partial charge < -0.3 is 14.7 Å². The maximum atomic E-state index is 13.0. The first kappa shape index (κ1) is 19.4. The molecule has 5 nitrogen and oxygen atoms in total. The maximum absolute atomic E-state index is 13.0. The van der Waals surface area contributed by atoms with Crippen molar-refractivity contribution >= 4 is 11.8 Å². The molecule has 2 aliphatic heterocycles. The number of carbonyl (C=O) groups is 2. The van der Waals surface area contributed by atoms with Crippen LogP contribution in [-0.2, 0) is 9.59 Å². The Bertz CT molecular complexity index is 741. The number of hydrogen-bond donors (Lipinski definition) is 0. The molecule has 5 heteroatoms. The lowest BCUT2D eigenvalue weighted by atomic mass is 9.87. The maximum Gasteiger partial charge on any atom is 0.237 e. The second-order valence-electron chi connectivity index (χ2n) is 9.23. The van der Waals surface area contributed by atoms with Crippen molar-refractivity contribution < 1.29 is 9.59 Å². The molecule has 3 fully saturated rings. The Hall–Kier alpha value is -1.88. The number of hydrogen-bond acceptors (Lipinski definition) is 3. The van der Waals surface area contributed by atoms with Gasteiger partial charge >= 0.3 is 0 Å². The third-order valence-electron chi connectivity index (χ3n) is 6.96. The first-order chi connectivity index (χ1) is 13.5. The van der Waals surface area contributed by atoms with Gasteiger partial charge in [0, 0.05) is 37.4 Å². The van der Waals surface area contributed by atoms with Gasteiger partial charge in [-0.15, -0.1) is 0 Å². The van der Waals surface area contributed by atoms with Gasteiger partial charge in [0.1, 0.15) is 0 Å². The van der Waals surface area contributed by atoms with Gasteiger partial charge in [0.25, 0.3) is 0 Å². The fraction of sp³-hybridized carbons (Fsp3) is 0.652. The van der Waals surface area contributed by atoms with Gasteiger partial charge in [-0.2, -0.15) is 0 Å². The minimum absolute atomic E-state index is 0.0834. The van der Waals surface area contributed by atoms with Gasteiger partial charge in [-0.25, -0.2) is 0 Å². The molecule has 0 bridgehead atoms. The minimum Gasteiger partial charge on any atom is -0.342 e. The van der Waals surface area contributed by atoms with E-state index in [1.165, 1.54) is 24.0 Å². The lowest BCUT2D eigenvalue weighted by Crippen LogP contribution is -2.42. The largest absolute Gasteiger partial charge is 0.342 e. The van der Waals surface area contributed by atoms with Gasteiger partial charge in [0.2, 0.25) is 11.8 Å². The Balaban J connectivity index is 1.58. The molecule has 2 saturated heterocycles. The van der Waals surface area contributed by atoms with Crippen LogP contribution in [0.15, 0.2) is 24.3 Å². The average molecular weight is 384 g/mol. The van der Waals surface area contributed by atoms with Crippen LogP contribution in [0.4, 0.5) is 0 Å². The number of likely N-dealkylation sites (N-methyl/N-ethyl adjacent to an activating group) is 1. The van der Waals surface area contributed by atoms with E-state index in [-0.39, 0.29) is 17.9 Å². The molecule has 1 aliphatic carbocycles. The number of carbonyl (C=O) groups excluding carboxylic acids is 2. The molecule has 0 unspecified atom stereocenters. The van der Waals surface area contributed by atoms with Crippen molar-refractivity contribution in [1.82, 2.24) is 14.7 Å². The fourth-order valence-electron chi connectivity index (χ4n) is 5.59. The molecule has 152 valence electrons. The van der Waals surface area contributed by atoms with Crippen LogP contribution in [0.3, 0.4) is 0 Å². The molecule has 2 heterocycles. The Morgan fingerprint density at radius 1 is 1.07 bits per heavy atom. The first-order valence-corrected chi connectivity index (χ1v) is 10.7. The van der Waals surface area contributed by atoms with Gasteiger partial charge in [0.05, 0.1) is 12.6 Å². The summed E-state index contributed by atoms with van der Waals surface area (Å²) in [6.45, 7) is 4.95. The SMILES string of the molecule is Cc1ccccc1[C@H]1[C@@H]2CN(C(=O)C3CCCC3)C[C@@H]2CN1C(=O)CN(C)C. The molecule has 0 N–H and O–H groups in total. The van der Waals surface area contributed by atoms with E-state index in [1.807, 2.05) is 19.0 Å². The van der Waals surface area contributed by atoms with E-state index >= 15 is 0 Å². The number of amides is 2. The van der Waals surface area contributed by atoms with Gasteiger partial charge in [-0.3, -0.25) is 9.59 Å². The van der Waals surface area contributed by atoms with Crippen molar-refractivity contribution in [3.8, 4) is 0 Å². The number of benzene rings is 1. The second kappa shape index (κ2) is 7.86. The van der Waals surface area contributed by atoms with E-state index in [0.717, 1.165) is 32.5 Å². The zero-order valence-electron chi connectivity index (χ0n) is 17.4. The Morgan fingerprint density at radius 2 is 1.79 bits per heavy atom. The summed E-state index contributed by atoms with van der Waals surface area (Å²) in [5, 5.41) is 0. The van der Waals surface area contributed by atoms with Crippen LogP contribution in [0.5, 0.6) is 0 Å². The number of fused-ring (bicyclic) bond motifs is 1. The van der Waals surface area contributed by atoms with Crippen LogP contribution >= 0.6 is 0 Å². The summed E-state index contributed by atoms with van der Waals surface area (Å²) >= 11 is 0. The van der Waals surface area contributed by atoms with Gasteiger partial charge in [-0.1, -0.05) is 37.1 Å². The molecule has 4 rings (SSSR count). The topological polar surface area (TPSA) is 43.9 Å². The van der Waals surface area contributed by atoms with E-state index in [9.17, 15) is 9.59 Å². The molecule has 0 radical (unpaired) electrons. The monoisotopic (exact) mass is 383 g/mol. The molecule has 1 saturated carbocycles. The highest BCUT2D eigenvalue weighted by Gasteiger charge is 2.50. The lowest BCUT2D eigenvalue weighted by molar-refractivity contribution is -0.135. The minimum atomic E-state index is 0.0834. The average Bonchev–Trinajstić information content (AvgIpc) is 3.37. The molecule has 0 aromatic heterocycles. The standard InChI is InChI=1S/C23H33N3O2/c1-16-8-4-7-11-19(16)22-20-14-25(23(28)17-9-5-6-10-17)12-18(20)13-26(22)21(27)15-24(2)3/h4,7-8,11,17-18,20,22H,5-6,9-10,12-15H2,1-3H3/t18-,20-,22+/m1/s1. The fourth-order valence-corrected chi connectivity index (χ4v) is 5.59. The smallest absolute Gasteiger partial charge is 0.237 e. The molecule has 28 heavy (non-hydrogen) atoms. The number of nitrogens with zero attached hydrogens (tertiary/aromatic N) is 3. The molecule has 1 aromatic rings. The number of aryl methyl sites for hydroxylation is 1. The molecule has 2 amide bonds. The van der Waals surface area contributed by atoms with Gasteiger partial charge in [-0.05, 0) is 45.0 Å². The highest BCUT2D eigenvalue weighted by molar-refractivity contribution is 5.81. The van der Waals surface area contributed by atoms with E-state index in [1.54, 1.807) is 0 Å². The Labute approximate surface area is 168 Å². The van der Waals surface area contributed by atoms with Crippen LogP contribution in [0.2, 0.25) is 0 Å². The predicted octanol–water partition coefficient (Wildman–Crippen LogP) is 2.70. The first-order valence-electron chi connectivity index (χ1n) is 10.7. The van der Waals surface area contributed by atoms with Crippen molar-refractivity contribution in [1.29, 1.82) is 0 Å². The summed E-state index contributed by atoms with van der Waals surface area (Å²) in [5.41, 5.74) is 2.48. The van der Waals surface area contributed by atoms with E-state index in [2.05, 4.69) is 41.0 Å². The van der Waals surface area contributed by atoms with E-state index in [4.69, 9.17) is 0 Å². The second-order valence-corrected chi connectivity index (χ2v) is 9.23. The van der Waals surface area contributed by atoms with Crippen LogP contribution in [0, 0.1) is 24.7 Å². The molecular formula is C23H33N3O2. The summed E-state index contributed by atoms with van der Waals surface area (Å²) in [6, 6.07) is 8.51. The van der Waals surface area contributed by atoms with E-state index in [0.29, 0.717) is 24.3 Å². The molecule has 3 aliphatic rings. The quantitative estimate of drug-likeness (QED) is 0.803. The van der Waals surface area contributed by atoms with Crippen LogP contribution < -0.4 is 0 Å². The highest BCUT2D eigenvalue weighted by atomic mass is 16.2. The van der Waals surface area contributed by atoms with Crippen molar-refractivity contribution in [2.75, 3.05) is 40.3 Å². The highest BCUT2D eigenvalue weighted by Crippen LogP contribution is 2.46. The molecule has 3 atom stereocenters. The Morgan fingerprint density at radius 3 is 2.46 bits per heavy atom. The summed E-state index contributed by atoms with van der Waals surface area (Å²) in [4.78, 5) is 32.2.